The highest BCUT2D eigenvalue weighted by atomic mass is 16.5. The van der Waals surface area contributed by atoms with Crippen LogP contribution >= 0.6 is 0 Å². The van der Waals surface area contributed by atoms with Gasteiger partial charge in [0.1, 0.15) is 0 Å². The lowest BCUT2D eigenvalue weighted by Gasteiger charge is -2.16. The predicted molar refractivity (Wildman–Crippen MR) is 51.0 cm³/mol. The highest BCUT2D eigenvalue weighted by Gasteiger charge is 2.10. The molecular formula is C9H20O5. The van der Waals surface area contributed by atoms with Gasteiger partial charge < -0.3 is 24.8 Å². The Labute approximate surface area is 84.3 Å². The number of ether oxygens (including phenoxy) is 2. The fourth-order valence-electron chi connectivity index (χ4n) is 1.02. The van der Waals surface area contributed by atoms with E-state index in [4.69, 9.17) is 24.8 Å². The van der Waals surface area contributed by atoms with Gasteiger partial charge >= 0.3 is 0 Å². The van der Waals surface area contributed by atoms with Crippen LogP contribution in [-0.4, -0.2) is 60.6 Å². The minimum absolute atomic E-state index is 0.00287. The topological polar surface area (TPSA) is 79.2 Å². The summed E-state index contributed by atoms with van der Waals surface area (Å²) < 4.78 is 10.2. The van der Waals surface area contributed by atoms with E-state index in [0.717, 1.165) is 0 Å². The van der Waals surface area contributed by atoms with Crippen LogP contribution in [0.25, 0.3) is 0 Å². The van der Waals surface area contributed by atoms with E-state index in [9.17, 15) is 0 Å². The van der Waals surface area contributed by atoms with Gasteiger partial charge in [0, 0.05) is 6.42 Å². The molecule has 0 amide bonds. The van der Waals surface area contributed by atoms with Crippen LogP contribution in [-0.2, 0) is 9.47 Å². The average molecular weight is 208 g/mol. The largest absolute Gasteiger partial charge is 0.394 e. The first-order valence-electron chi connectivity index (χ1n) is 4.79. The Bertz CT molecular complexity index is 118. The molecule has 5 nitrogen and oxygen atoms in total. The van der Waals surface area contributed by atoms with E-state index in [0.29, 0.717) is 26.2 Å². The Balaban J connectivity index is 3.33. The summed E-state index contributed by atoms with van der Waals surface area (Å²) in [4.78, 5) is 0. The second-order valence-corrected chi connectivity index (χ2v) is 3.10. The number of aliphatic hydroxyl groups excluding tert-OH is 3. The van der Waals surface area contributed by atoms with Gasteiger partial charge in [-0.2, -0.15) is 0 Å². The highest BCUT2D eigenvalue weighted by molar-refractivity contribution is 4.59. The molecule has 5 heteroatoms. The van der Waals surface area contributed by atoms with Gasteiger partial charge in [-0.3, -0.25) is 0 Å². The number of hydrogen-bond acceptors (Lipinski definition) is 5. The van der Waals surface area contributed by atoms with E-state index >= 15 is 0 Å². The first kappa shape index (κ1) is 13.8. The van der Waals surface area contributed by atoms with E-state index in [2.05, 4.69) is 0 Å². The second-order valence-electron chi connectivity index (χ2n) is 3.10. The van der Waals surface area contributed by atoms with Crippen molar-refractivity contribution in [1.82, 2.24) is 0 Å². The van der Waals surface area contributed by atoms with Gasteiger partial charge in [0.15, 0.2) is 0 Å². The number of rotatable bonds is 9. The molecule has 2 atom stereocenters. The maximum atomic E-state index is 9.04. The van der Waals surface area contributed by atoms with E-state index in [1.54, 1.807) is 6.92 Å². The Hall–Kier alpha value is -0.200. The molecule has 0 radical (unpaired) electrons. The predicted octanol–water partition coefficient (Wildman–Crippen LogP) is -0.856. The Kier molecular flexibility index (Phi) is 9.23. The molecule has 0 aliphatic heterocycles. The van der Waals surface area contributed by atoms with E-state index in [1.165, 1.54) is 0 Å². The lowest BCUT2D eigenvalue weighted by molar-refractivity contribution is -0.0403. The van der Waals surface area contributed by atoms with Crippen LogP contribution in [0, 0.1) is 0 Å². The van der Waals surface area contributed by atoms with Gasteiger partial charge in [0.2, 0.25) is 0 Å². The number of hydrogen-bond donors (Lipinski definition) is 3. The Morgan fingerprint density at radius 2 is 1.86 bits per heavy atom. The molecule has 86 valence electrons. The Morgan fingerprint density at radius 3 is 2.36 bits per heavy atom. The molecule has 0 aromatic rings. The van der Waals surface area contributed by atoms with E-state index < -0.39 is 6.10 Å². The lowest BCUT2D eigenvalue weighted by atomic mass is 10.2. The first-order chi connectivity index (χ1) is 6.70. The lowest BCUT2D eigenvalue weighted by Crippen LogP contribution is -2.24. The van der Waals surface area contributed by atoms with Crippen molar-refractivity contribution in [1.29, 1.82) is 0 Å². The van der Waals surface area contributed by atoms with Crippen molar-refractivity contribution in [2.45, 2.75) is 25.6 Å². The smallest absolute Gasteiger partial charge is 0.0831 e. The molecule has 0 saturated heterocycles. The summed E-state index contributed by atoms with van der Waals surface area (Å²) in [6.45, 7) is 2.58. The summed E-state index contributed by atoms with van der Waals surface area (Å²) in [6, 6.07) is 0. The van der Waals surface area contributed by atoms with Gasteiger partial charge in [-0.05, 0) is 6.92 Å². The maximum absolute atomic E-state index is 9.04. The molecule has 3 N–H and O–H groups in total. The van der Waals surface area contributed by atoms with Crippen LogP contribution in [0.15, 0.2) is 0 Å². The molecule has 0 bridgehead atoms. The summed E-state index contributed by atoms with van der Waals surface area (Å²) in [7, 11) is 0. The SMILES string of the molecule is CC(O)CC(CO)OCCOCCO. The molecule has 2 unspecified atom stereocenters. The van der Waals surface area contributed by atoms with Gasteiger partial charge in [-0.15, -0.1) is 0 Å². The summed E-state index contributed by atoms with van der Waals surface area (Å²) >= 11 is 0. The monoisotopic (exact) mass is 208 g/mol. The van der Waals surface area contributed by atoms with E-state index in [1.807, 2.05) is 0 Å². The average Bonchev–Trinajstić information content (AvgIpc) is 2.15. The maximum Gasteiger partial charge on any atom is 0.0831 e. The minimum atomic E-state index is -0.481. The fourth-order valence-corrected chi connectivity index (χ4v) is 1.02. The molecular weight excluding hydrogens is 188 g/mol. The van der Waals surface area contributed by atoms with Crippen molar-refractivity contribution < 1.29 is 24.8 Å². The quantitative estimate of drug-likeness (QED) is 0.430. The third-order valence-electron chi connectivity index (χ3n) is 1.62. The van der Waals surface area contributed by atoms with Crippen LogP contribution in [0.1, 0.15) is 13.3 Å². The molecule has 0 fully saturated rings. The van der Waals surface area contributed by atoms with E-state index in [-0.39, 0.29) is 19.3 Å². The minimum Gasteiger partial charge on any atom is -0.394 e. The normalized spacial score (nSPS) is 15.4. The third kappa shape index (κ3) is 8.40. The van der Waals surface area contributed by atoms with Crippen molar-refractivity contribution in [2.75, 3.05) is 33.0 Å². The van der Waals surface area contributed by atoms with Crippen molar-refractivity contribution >= 4 is 0 Å². The standard InChI is InChI=1S/C9H20O5/c1-8(12)6-9(7-11)14-5-4-13-3-2-10/h8-12H,2-7H2,1H3. The van der Waals surface area contributed by atoms with Crippen molar-refractivity contribution in [2.24, 2.45) is 0 Å². The molecule has 0 aliphatic rings. The number of aliphatic hydroxyl groups is 3. The van der Waals surface area contributed by atoms with Crippen LogP contribution in [0.5, 0.6) is 0 Å². The van der Waals surface area contributed by atoms with Gasteiger partial charge in [-0.1, -0.05) is 0 Å². The van der Waals surface area contributed by atoms with Crippen LogP contribution in [0.3, 0.4) is 0 Å². The zero-order valence-corrected chi connectivity index (χ0v) is 8.56. The van der Waals surface area contributed by atoms with Crippen LogP contribution in [0.2, 0.25) is 0 Å². The summed E-state index contributed by atoms with van der Waals surface area (Å²) in [6.07, 6.45) is -0.408. The van der Waals surface area contributed by atoms with Gasteiger partial charge in [0.05, 0.1) is 45.2 Å². The molecule has 0 spiro atoms. The molecule has 0 heterocycles. The molecule has 14 heavy (non-hydrogen) atoms. The van der Waals surface area contributed by atoms with Gasteiger partial charge in [0.25, 0.3) is 0 Å². The molecule has 0 aromatic carbocycles. The van der Waals surface area contributed by atoms with Crippen molar-refractivity contribution in [3.05, 3.63) is 0 Å². The van der Waals surface area contributed by atoms with Crippen molar-refractivity contribution in [3.8, 4) is 0 Å². The van der Waals surface area contributed by atoms with Crippen LogP contribution < -0.4 is 0 Å². The fraction of sp³-hybridized carbons (Fsp3) is 1.00. The molecule has 0 rings (SSSR count). The highest BCUT2D eigenvalue weighted by Crippen LogP contribution is 2.01. The summed E-state index contributed by atoms with van der Waals surface area (Å²) in [5.41, 5.74) is 0. The zero-order valence-electron chi connectivity index (χ0n) is 8.56. The summed E-state index contributed by atoms with van der Waals surface area (Å²) in [5, 5.41) is 26.3. The molecule has 0 aliphatic carbocycles. The zero-order chi connectivity index (χ0) is 10.8. The Morgan fingerprint density at radius 1 is 1.14 bits per heavy atom. The van der Waals surface area contributed by atoms with Crippen molar-refractivity contribution in [3.63, 3.8) is 0 Å². The molecule has 0 saturated carbocycles. The second kappa shape index (κ2) is 9.36. The van der Waals surface area contributed by atoms with Crippen LogP contribution in [0.4, 0.5) is 0 Å². The third-order valence-corrected chi connectivity index (χ3v) is 1.62. The summed E-state index contributed by atoms with van der Waals surface area (Å²) in [5.74, 6) is 0. The van der Waals surface area contributed by atoms with Gasteiger partial charge in [-0.25, -0.2) is 0 Å². The first-order valence-corrected chi connectivity index (χ1v) is 4.79. The molecule has 0 aromatic heterocycles.